The normalized spacial score (nSPS) is 10.4. The van der Waals surface area contributed by atoms with Crippen molar-refractivity contribution in [2.75, 3.05) is 17.2 Å². The van der Waals surface area contributed by atoms with Gasteiger partial charge in [0.25, 0.3) is 0 Å². The van der Waals surface area contributed by atoms with Gasteiger partial charge in [0.15, 0.2) is 0 Å². The van der Waals surface area contributed by atoms with Crippen LogP contribution in [0.5, 0.6) is 5.75 Å². The summed E-state index contributed by atoms with van der Waals surface area (Å²) >= 11 is 0. The van der Waals surface area contributed by atoms with Crippen LogP contribution in [0.15, 0.2) is 140 Å². The molecule has 0 aliphatic carbocycles. The summed E-state index contributed by atoms with van der Waals surface area (Å²) in [7, 11) is 0. The molecular weight excluding hydrogens is 500 g/mol. The van der Waals surface area contributed by atoms with Crippen molar-refractivity contribution in [2.24, 2.45) is 0 Å². The van der Waals surface area contributed by atoms with Gasteiger partial charge in [-0.15, -0.1) is 0 Å². The Kier molecular flexibility index (Phi) is 11.9. The van der Waals surface area contributed by atoms with Gasteiger partial charge in [0.05, 0.1) is 6.61 Å². The van der Waals surface area contributed by atoms with Crippen LogP contribution in [-0.2, 0) is 0 Å². The van der Waals surface area contributed by atoms with Crippen molar-refractivity contribution < 1.29 is 4.74 Å². The Morgan fingerprint density at radius 2 is 0.951 bits per heavy atom. The lowest BCUT2D eigenvalue weighted by Crippen LogP contribution is -2.09. The van der Waals surface area contributed by atoms with E-state index in [1.54, 1.807) is 0 Å². The first-order valence-electron chi connectivity index (χ1n) is 14.8. The van der Waals surface area contributed by atoms with Crippen LogP contribution in [-0.4, -0.2) is 6.61 Å². The van der Waals surface area contributed by atoms with Crippen LogP contribution in [0.2, 0.25) is 0 Å². The molecule has 0 saturated carbocycles. The molecule has 5 rings (SSSR count). The topological polar surface area (TPSA) is 38.5 Å². The van der Waals surface area contributed by atoms with Crippen molar-refractivity contribution in [3.63, 3.8) is 0 Å². The monoisotopic (exact) mass is 542 g/mol. The second kappa shape index (κ2) is 16.6. The van der Waals surface area contributed by atoms with Gasteiger partial charge < -0.3 is 15.4 Å². The lowest BCUT2D eigenvalue weighted by atomic mass is 10.0. The lowest BCUT2D eigenvalue weighted by Gasteiger charge is -2.26. The van der Waals surface area contributed by atoms with E-state index < -0.39 is 0 Å². The fourth-order valence-corrected chi connectivity index (χ4v) is 4.67. The Morgan fingerprint density at radius 1 is 0.488 bits per heavy atom. The smallest absolute Gasteiger partial charge is 0.119 e. The Labute approximate surface area is 246 Å². The van der Waals surface area contributed by atoms with Crippen LogP contribution < -0.4 is 15.4 Å². The van der Waals surface area contributed by atoms with Crippen molar-refractivity contribution in [1.29, 1.82) is 0 Å². The quantitative estimate of drug-likeness (QED) is 0.126. The summed E-state index contributed by atoms with van der Waals surface area (Å²) in [4.78, 5) is 2.28. The van der Waals surface area contributed by atoms with Crippen molar-refractivity contribution in [3.05, 3.63) is 140 Å². The van der Waals surface area contributed by atoms with E-state index in [4.69, 9.17) is 10.5 Å². The van der Waals surface area contributed by atoms with Crippen LogP contribution in [0, 0.1) is 0 Å². The van der Waals surface area contributed by atoms with Gasteiger partial charge in [-0.2, -0.15) is 0 Å². The van der Waals surface area contributed by atoms with Crippen molar-refractivity contribution >= 4 is 22.7 Å². The maximum Gasteiger partial charge on any atom is 0.119 e. The number of nitrogen functional groups attached to an aromatic ring is 1. The summed E-state index contributed by atoms with van der Waals surface area (Å²) in [5.41, 5.74) is 12.0. The maximum atomic E-state index is 6.00. The zero-order valence-electron chi connectivity index (χ0n) is 24.2. The number of unbranched alkanes of at least 4 members (excludes halogenated alkanes) is 5. The molecule has 5 aromatic carbocycles. The second-order valence-corrected chi connectivity index (χ2v) is 10.1. The first-order valence-corrected chi connectivity index (χ1v) is 14.8. The number of ether oxygens (including phenoxy) is 1. The molecule has 0 unspecified atom stereocenters. The minimum absolute atomic E-state index is 0.787. The van der Waals surface area contributed by atoms with Crippen LogP contribution in [0.3, 0.4) is 0 Å². The summed E-state index contributed by atoms with van der Waals surface area (Å²) < 4.78 is 6.00. The Bertz CT molecular complexity index is 1370. The van der Waals surface area contributed by atoms with Gasteiger partial charge in [0.1, 0.15) is 5.75 Å². The van der Waals surface area contributed by atoms with Gasteiger partial charge in [-0.1, -0.05) is 118 Å². The summed E-state index contributed by atoms with van der Waals surface area (Å²) in [5, 5.41) is 0. The highest BCUT2D eigenvalue weighted by Gasteiger charge is 2.12. The molecule has 5 aromatic rings. The molecule has 0 heterocycles. The number of anilines is 4. The highest BCUT2D eigenvalue weighted by atomic mass is 16.5. The van der Waals surface area contributed by atoms with Gasteiger partial charge in [0, 0.05) is 22.7 Å². The highest BCUT2D eigenvalue weighted by Crippen LogP contribution is 2.36. The predicted molar refractivity (Wildman–Crippen MR) is 176 cm³/mol. The Balaban J connectivity index is 0.000000483. The first-order chi connectivity index (χ1) is 20.2. The largest absolute Gasteiger partial charge is 0.494 e. The molecule has 0 aromatic heterocycles. The maximum absolute atomic E-state index is 6.00. The van der Waals surface area contributed by atoms with Crippen LogP contribution in [0.4, 0.5) is 22.7 Å². The zero-order valence-corrected chi connectivity index (χ0v) is 24.2. The SMILES string of the molecule is CCCCCCCCOc1ccc(N(c2ccccc2)c2ccc(-c3ccccc3)cc2)cc1.Nc1ccccc1. The number of benzene rings is 5. The number of rotatable bonds is 12. The molecule has 0 aliphatic heterocycles. The Morgan fingerprint density at radius 3 is 1.51 bits per heavy atom. The average molecular weight is 543 g/mol. The third kappa shape index (κ3) is 9.58. The van der Waals surface area contributed by atoms with Crippen LogP contribution >= 0.6 is 0 Å². The highest BCUT2D eigenvalue weighted by molar-refractivity contribution is 5.78. The van der Waals surface area contributed by atoms with Crippen LogP contribution in [0.1, 0.15) is 45.4 Å². The number of hydrogen-bond acceptors (Lipinski definition) is 3. The molecular formula is C38H42N2O. The van der Waals surface area contributed by atoms with E-state index in [2.05, 4.69) is 121 Å². The van der Waals surface area contributed by atoms with Crippen LogP contribution in [0.25, 0.3) is 11.1 Å². The molecule has 210 valence electrons. The van der Waals surface area contributed by atoms with Gasteiger partial charge in [-0.05, 0) is 78.2 Å². The van der Waals surface area contributed by atoms with E-state index in [1.807, 2.05) is 30.3 Å². The average Bonchev–Trinajstić information content (AvgIpc) is 3.03. The summed E-state index contributed by atoms with van der Waals surface area (Å²) in [6.07, 6.45) is 7.65. The fraction of sp³-hybridized carbons (Fsp3) is 0.211. The molecule has 2 N–H and O–H groups in total. The third-order valence-electron chi connectivity index (χ3n) is 6.91. The van der Waals surface area contributed by atoms with Crippen molar-refractivity contribution in [1.82, 2.24) is 0 Å². The van der Waals surface area contributed by atoms with Gasteiger partial charge >= 0.3 is 0 Å². The molecule has 0 fully saturated rings. The molecule has 0 aliphatic rings. The summed E-state index contributed by atoms with van der Waals surface area (Å²) in [6, 6.07) is 47.7. The van der Waals surface area contributed by atoms with E-state index in [0.29, 0.717) is 0 Å². The molecule has 0 saturated heterocycles. The third-order valence-corrected chi connectivity index (χ3v) is 6.91. The lowest BCUT2D eigenvalue weighted by molar-refractivity contribution is 0.304. The molecule has 3 heteroatoms. The minimum Gasteiger partial charge on any atom is -0.494 e. The molecule has 3 nitrogen and oxygen atoms in total. The van der Waals surface area contributed by atoms with E-state index in [9.17, 15) is 0 Å². The number of nitrogens with zero attached hydrogens (tertiary/aromatic N) is 1. The van der Waals surface area contributed by atoms with E-state index in [1.165, 1.54) is 43.2 Å². The number of nitrogens with two attached hydrogens (primary N) is 1. The van der Waals surface area contributed by atoms with E-state index >= 15 is 0 Å². The molecule has 0 atom stereocenters. The van der Waals surface area contributed by atoms with E-state index in [-0.39, 0.29) is 0 Å². The van der Waals surface area contributed by atoms with Gasteiger partial charge in [0.2, 0.25) is 0 Å². The molecule has 41 heavy (non-hydrogen) atoms. The standard InChI is InChI=1S/C32H35NO.C6H7N/c1-2-3-4-5-6-13-26-34-32-24-22-31(23-25-32)33(29-16-11-8-12-17-29)30-20-18-28(19-21-30)27-14-9-7-10-15-27;7-6-4-2-1-3-5-6/h7-12,14-25H,2-6,13,26H2,1H3;1-5H,7H2. The predicted octanol–water partition coefficient (Wildman–Crippen LogP) is 10.8. The van der Waals surface area contributed by atoms with Gasteiger partial charge in [-0.3, -0.25) is 0 Å². The molecule has 0 amide bonds. The Hall–Kier alpha value is -4.50. The summed E-state index contributed by atoms with van der Waals surface area (Å²) in [5.74, 6) is 0.935. The van der Waals surface area contributed by atoms with Crippen molar-refractivity contribution in [3.8, 4) is 16.9 Å². The fourth-order valence-electron chi connectivity index (χ4n) is 4.67. The molecule has 0 spiro atoms. The minimum atomic E-state index is 0.787. The molecule has 0 bridgehead atoms. The molecule has 0 radical (unpaired) electrons. The van der Waals surface area contributed by atoms with E-state index in [0.717, 1.165) is 41.5 Å². The van der Waals surface area contributed by atoms with Gasteiger partial charge in [-0.25, -0.2) is 0 Å². The zero-order chi connectivity index (χ0) is 28.5. The second-order valence-electron chi connectivity index (χ2n) is 10.1. The van der Waals surface area contributed by atoms with Crippen molar-refractivity contribution in [2.45, 2.75) is 45.4 Å². The summed E-state index contributed by atoms with van der Waals surface area (Å²) in [6.45, 7) is 3.04. The number of hydrogen-bond donors (Lipinski definition) is 1. The first kappa shape index (κ1) is 29.5. The number of para-hydroxylation sites is 2.